The molecule has 1 aliphatic heterocycles. The lowest BCUT2D eigenvalue weighted by Gasteiger charge is -2.17. The van der Waals surface area contributed by atoms with E-state index < -0.39 is 10.8 Å². The number of carbonyl (C=O) groups excluding carboxylic acids is 2. The van der Waals surface area contributed by atoms with Crippen LogP contribution >= 0.6 is 0 Å². The predicted octanol–water partition coefficient (Wildman–Crippen LogP) is 3.29. The van der Waals surface area contributed by atoms with E-state index in [2.05, 4.69) is 5.32 Å². The number of aryl methyl sites for hydroxylation is 1. The molecule has 1 saturated heterocycles. The summed E-state index contributed by atoms with van der Waals surface area (Å²) in [5, 5.41) is 13.7. The first-order chi connectivity index (χ1) is 13.4. The van der Waals surface area contributed by atoms with Gasteiger partial charge in [0.05, 0.1) is 23.1 Å². The molecule has 0 radical (unpaired) electrons. The Kier molecular flexibility index (Phi) is 5.58. The van der Waals surface area contributed by atoms with Crippen LogP contribution < -0.4 is 15.0 Å². The number of nitro groups is 1. The molecule has 0 aliphatic carbocycles. The Morgan fingerprint density at radius 3 is 2.64 bits per heavy atom. The van der Waals surface area contributed by atoms with Crippen molar-refractivity contribution in [3.8, 4) is 5.75 Å². The standard InChI is InChI=1S/C20H21N3O5/c1-3-28-17-8-6-15(7-9-17)22-12-14(10-19(22)24)20(25)21-18-11-16(23(26)27)5-4-13(18)2/h4-9,11,14H,3,10,12H2,1-2H3,(H,21,25)/t14-/m0/s1. The Morgan fingerprint density at radius 2 is 2.00 bits per heavy atom. The van der Waals surface area contributed by atoms with Gasteiger partial charge in [-0.1, -0.05) is 6.07 Å². The topological polar surface area (TPSA) is 102 Å². The average molecular weight is 383 g/mol. The van der Waals surface area contributed by atoms with Gasteiger partial charge in [0.15, 0.2) is 0 Å². The van der Waals surface area contributed by atoms with E-state index in [0.717, 1.165) is 0 Å². The molecule has 1 aliphatic rings. The molecule has 146 valence electrons. The van der Waals surface area contributed by atoms with Gasteiger partial charge in [-0.15, -0.1) is 0 Å². The molecule has 2 aromatic rings. The molecule has 3 rings (SSSR count). The lowest BCUT2D eigenvalue weighted by molar-refractivity contribution is -0.384. The van der Waals surface area contributed by atoms with E-state index in [9.17, 15) is 19.7 Å². The number of amides is 2. The van der Waals surface area contributed by atoms with Gasteiger partial charge in [0.1, 0.15) is 5.75 Å². The second kappa shape index (κ2) is 8.08. The van der Waals surface area contributed by atoms with Gasteiger partial charge in [-0.25, -0.2) is 0 Å². The molecule has 0 saturated carbocycles. The van der Waals surface area contributed by atoms with Crippen molar-refractivity contribution in [1.82, 2.24) is 0 Å². The fourth-order valence-corrected chi connectivity index (χ4v) is 3.11. The van der Waals surface area contributed by atoms with E-state index in [4.69, 9.17) is 4.74 Å². The number of benzene rings is 2. The summed E-state index contributed by atoms with van der Waals surface area (Å²) in [5.41, 5.74) is 1.70. The van der Waals surface area contributed by atoms with Crippen LogP contribution in [0.3, 0.4) is 0 Å². The number of carbonyl (C=O) groups is 2. The molecule has 8 nitrogen and oxygen atoms in total. The molecule has 1 fully saturated rings. The Morgan fingerprint density at radius 1 is 1.29 bits per heavy atom. The summed E-state index contributed by atoms with van der Waals surface area (Å²) in [6.07, 6.45) is 0.0903. The van der Waals surface area contributed by atoms with E-state index in [1.165, 1.54) is 12.1 Å². The van der Waals surface area contributed by atoms with Crippen LogP contribution in [0, 0.1) is 23.0 Å². The quantitative estimate of drug-likeness (QED) is 0.609. The number of nitro benzene ring substituents is 1. The number of ether oxygens (including phenoxy) is 1. The fraction of sp³-hybridized carbons (Fsp3) is 0.300. The lowest BCUT2D eigenvalue weighted by Crippen LogP contribution is -2.28. The Hall–Kier alpha value is -3.42. The molecule has 1 N–H and O–H groups in total. The largest absolute Gasteiger partial charge is 0.494 e. The second-order valence-corrected chi connectivity index (χ2v) is 6.58. The summed E-state index contributed by atoms with van der Waals surface area (Å²) in [6, 6.07) is 11.4. The van der Waals surface area contributed by atoms with Crippen LogP contribution in [-0.2, 0) is 9.59 Å². The number of rotatable bonds is 6. The zero-order chi connectivity index (χ0) is 20.3. The highest BCUT2D eigenvalue weighted by molar-refractivity contribution is 6.03. The maximum Gasteiger partial charge on any atom is 0.271 e. The van der Waals surface area contributed by atoms with Crippen LogP contribution in [0.5, 0.6) is 5.75 Å². The normalized spacial score (nSPS) is 16.1. The van der Waals surface area contributed by atoms with Crippen molar-refractivity contribution in [3.05, 3.63) is 58.1 Å². The summed E-state index contributed by atoms with van der Waals surface area (Å²) in [7, 11) is 0. The summed E-state index contributed by atoms with van der Waals surface area (Å²) >= 11 is 0. The van der Waals surface area contributed by atoms with E-state index >= 15 is 0 Å². The summed E-state index contributed by atoms with van der Waals surface area (Å²) in [4.78, 5) is 37.0. The zero-order valence-corrected chi connectivity index (χ0v) is 15.7. The Bertz CT molecular complexity index is 911. The monoisotopic (exact) mass is 383 g/mol. The van der Waals surface area contributed by atoms with Crippen molar-refractivity contribution < 1.29 is 19.2 Å². The van der Waals surface area contributed by atoms with Gasteiger partial charge in [-0.05, 0) is 43.7 Å². The van der Waals surface area contributed by atoms with Gasteiger partial charge in [0.2, 0.25) is 11.8 Å². The van der Waals surface area contributed by atoms with Crippen LogP contribution in [0.1, 0.15) is 18.9 Å². The van der Waals surface area contributed by atoms with Crippen LogP contribution in [-0.4, -0.2) is 29.9 Å². The molecule has 2 aromatic carbocycles. The third kappa shape index (κ3) is 4.11. The average Bonchev–Trinajstić information content (AvgIpc) is 3.06. The van der Waals surface area contributed by atoms with Gasteiger partial charge in [-0.2, -0.15) is 0 Å². The zero-order valence-electron chi connectivity index (χ0n) is 15.7. The second-order valence-electron chi connectivity index (χ2n) is 6.58. The van der Waals surface area contributed by atoms with Crippen LogP contribution in [0.2, 0.25) is 0 Å². The Labute approximate surface area is 162 Å². The summed E-state index contributed by atoms with van der Waals surface area (Å²) < 4.78 is 5.40. The molecular weight excluding hydrogens is 362 g/mol. The van der Waals surface area contributed by atoms with E-state index in [1.54, 1.807) is 42.2 Å². The fourth-order valence-electron chi connectivity index (χ4n) is 3.11. The first-order valence-corrected chi connectivity index (χ1v) is 8.98. The highest BCUT2D eigenvalue weighted by Gasteiger charge is 2.35. The van der Waals surface area contributed by atoms with Gasteiger partial charge >= 0.3 is 0 Å². The molecule has 28 heavy (non-hydrogen) atoms. The molecule has 0 bridgehead atoms. The number of non-ortho nitro benzene ring substituents is 1. The van der Waals surface area contributed by atoms with E-state index in [-0.39, 0.29) is 30.5 Å². The number of anilines is 2. The first kappa shape index (κ1) is 19.3. The first-order valence-electron chi connectivity index (χ1n) is 8.98. The van der Waals surface area contributed by atoms with E-state index in [1.807, 2.05) is 6.92 Å². The third-order valence-electron chi connectivity index (χ3n) is 4.65. The smallest absolute Gasteiger partial charge is 0.271 e. The van der Waals surface area contributed by atoms with Crippen molar-refractivity contribution in [1.29, 1.82) is 0 Å². The van der Waals surface area contributed by atoms with Crippen molar-refractivity contribution in [2.45, 2.75) is 20.3 Å². The highest BCUT2D eigenvalue weighted by Crippen LogP contribution is 2.29. The molecule has 1 atom stereocenters. The van der Waals surface area contributed by atoms with E-state index in [0.29, 0.717) is 29.3 Å². The summed E-state index contributed by atoms with van der Waals surface area (Å²) in [5.74, 6) is -0.281. The molecule has 0 aromatic heterocycles. The molecular formula is C20H21N3O5. The minimum Gasteiger partial charge on any atom is -0.494 e. The Balaban J connectivity index is 1.70. The highest BCUT2D eigenvalue weighted by atomic mass is 16.6. The lowest BCUT2D eigenvalue weighted by atomic mass is 10.1. The number of nitrogens with one attached hydrogen (secondary N) is 1. The SMILES string of the molecule is CCOc1ccc(N2C[C@@H](C(=O)Nc3cc([N+](=O)[O-])ccc3C)CC2=O)cc1. The molecule has 8 heteroatoms. The van der Waals surface area contributed by atoms with Crippen molar-refractivity contribution in [3.63, 3.8) is 0 Å². The number of hydrogen-bond acceptors (Lipinski definition) is 5. The molecule has 1 heterocycles. The maximum absolute atomic E-state index is 12.6. The number of nitrogens with zero attached hydrogens (tertiary/aromatic N) is 2. The summed E-state index contributed by atoms with van der Waals surface area (Å²) in [6.45, 7) is 4.46. The van der Waals surface area contributed by atoms with Crippen molar-refractivity contribution in [2.24, 2.45) is 5.92 Å². The van der Waals surface area contributed by atoms with Gasteiger partial charge in [-0.3, -0.25) is 19.7 Å². The molecule has 0 spiro atoms. The molecule has 0 unspecified atom stereocenters. The van der Waals surface area contributed by atoms with Gasteiger partial charge in [0, 0.05) is 30.8 Å². The van der Waals surface area contributed by atoms with Crippen LogP contribution in [0.15, 0.2) is 42.5 Å². The van der Waals surface area contributed by atoms with Crippen LogP contribution in [0.25, 0.3) is 0 Å². The van der Waals surface area contributed by atoms with Crippen LogP contribution in [0.4, 0.5) is 17.1 Å². The minimum atomic E-state index is -0.530. The van der Waals surface area contributed by atoms with Gasteiger partial charge in [0.25, 0.3) is 5.69 Å². The van der Waals surface area contributed by atoms with Crippen molar-refractivity contribution >= 4 is 28.9 Å². The maximum atomic E-state index is 12.6. The van der Waals surface area contributed by atoms with Crippen molar-refractivity contribution in [2.75, 3.05) is 23.4 Å². The number of hydrogen-bond donors (Lipinski definition) is 1. The minimum absolute atomic E-state index is 0.0903. The van der Waals surface area contributed by atoms with Gasteiger partial charge < -0.3 is 15.0 Å². The predicted molar refractivity (Wildman–Crippen MR) is 105 cm³/mol. The third-order valence-corrected chi connectivity index (χ3v) is 4.65. The molecule has 2 amide bonds.